The molecule has 0 fully saturated rings. The third kappa shape index (κ3) is 3.31. The second-order valence-electron chi connectivity index (χ2n) is 4.83. The van der Waals surface area contributed by atoms with Gasteiger partial charge in [-0.2, -0.15) is 0 Å². The van der Waals surface area contributed by atoms with Crippen LogP contribution in [0.1, 0.15) is 30.7 Å². The number of benzene rings is 1. The minimum atomic E-state index is 0.808. The summed E-state index contributed by atoms with van der Waals surface area (Å²) < 4.78 is 0. The van der Waals surface area contributed by atoms with Gasteiger partial charge in [0.1, 0.15) is 5.82 Å². The van der Waals surface area contributed by atoms with Crippen LogP contribution in [0.5, 0.6) is 0 Å². The van der Waals surface area contributed by atoms with Crippen LogP contribution < -0.4 is 5.32 Å². The molecule has 0 atom stereocenters. The molecule has 1 N–H and O–H groups in total. The average Bonchev–Trinajstić information content (AvgIpc) is 2.37. The van der Waals surface area contributed by atoms with Gasteiger partial charge in [-0.15, -0.1) is 0 Å². The van der Waals surface area contributed by atoms with E-state index in [-0.39, 0.29) is 0 Å². The van der Waals surface area contributed by atoms with Crippen LogP contribution in [0.2, 0.25) is 0 Å². The minimum Gasteiger partial charge on any atom is -0.370 e. The van der Waals surface area contributed by atoms with E-state index in [4.69, 9.17) is 0 Å². The molecule has 0 bridgehead atoms. The Morgan fingerprint density at radius 1 is 0.947 bits per heavy atom. The fraction of sp³-hybridized carbons (Fsp3) is 0.375. The summed E-state index contributed by atoms with van der Waals surface area (Å²) in [5.41, 5.74) is 4.64. The van der Waals surface area contributed by atoms with E-state index in [0.717, 1.165) is 35.9 Å². The Labute approximate surface area is 115 Å². The van der Waals surface area contributed by atoms with E-state index >= 15 is 0 Å². The van der Waals surface area contributed by atoms with E-state index in [1.807, 2.05) is 6.07 Å². The molecule has 3 nitrogen and oxygen atoms in total. The van der Waals surface area contributed by atoms with E-state index in [0.29, 0.717) is 0 Å². The predicted octanol–water partition coefficient (Wildman–Crippen LogP) is 3.75. The van der Waals surface area contributed by atoms with Gasteiger partial charge in [-0.3, -0.25) is 0 Å². The number of anilines is 1. The van der Waals surface area contributed by atoms with Crippen LogP contribution in [0.15, 0.2) is 24.3 Å². The van der Waals surface area contributed by atoms with Gasteiger partial charge in [-0.25, -0.2) is 9.97 Å². The first-order chi connectivity index (χ1) is 9.12. The third-order valence-corrected chi connectivity index (χ3v) is 2.98. The summed E-state index contributed by atoms with van der Waals surface area (Å²) in [4.78, 5) is 9.24. The predicted molar refractivity (Wildman–Crippen MR) is 80.5 cm³/mol. The quantitative estimate of drug-likeness (QED) is 0.904. The van der Waals surface area contributed by atoms with Gasteiger partial charge in [-0.1, -0.05) is 24.1 Å². The molecule has 0 aliphatic heterocycles. The lowest BCUT2D eigenvalue weighted by atomic mass is 10.1. The maximum atomic E-state index is 4.64. The first kappa shape index (κ1) is 13.5. The van der Waals surface area contributed by atoms with Crippen molar-refractivity contribution >= 4 is 5.82 Å². The lowest BCUT2D eigenvalue weighted by Gasteiger charge is -2.09. The molecule has 0 aliphatic rings. The number of nitrogens with one attached hydrogen (secondary N) is 1. The van der Waals surface area contributed by atoms with Crippen LogP contribution in [0.4, 0.5) is 5.82 Å². The van der Waals surface area contributed by atoms with Crippen molar-refractivity contribution in [2.45, 2.75) is 34.1 Å². The van der Waals surface area contributed by atoms with Crippen LogP contribution in [0.25, 0.3) is 11.4 Å². The molecule has 1 aromatic carbocycles. The molecule has 2 rings (SSSR count). The van der Waals surface area contributed by atoms with Gasteiger partial charge in [0.15, 0.2) is 5.82 Å². The molecule has 1 heterocycles. The molecule has 0 amide bonds. The van der Waals surface area contributed by atoms with E-state index in [9.17, 15) is 0 Å². The second kappa shape index (κ2) is 5.83. The summed E-state index contributed by atoms with van der Waals surface area (Å²) in [5.74, 6) is 1.71. The van der Waals surface area contributed by atoms with Crippen molar-refractivity contribution in [3.05, 3.63) is 41.1 Å². The van der Waals surface area contributed by atoms with Gasteiger partial charge in [0, 0.05) is 23.9 Å². The van der Waals surface area contributed by atoms with Crippen LogP contribution in [-0.2, 0) is 6.42 Å². The number of aryl methyl sites for hydroxylation is 3. The van der Waals surface area contributed by atoms with Gasteiger partial charge in [0.25, 0.3) is 0 Å². The molecule has 0 unspecified atom stereocenters. The van der Waals surface area contributed by atoms with Gasteiger partial charge >= 0.3 is 0 Å². The van der Waals surface area contributed by atoms with Crippen molar-refractivity contribution in [2.24, 2.45) is 0 Å². The highest BCUT2D eigenvalue weighted by Crippen LogP contribution is 2.21. The Morgan fingerprint density at radius 2 is 1.63 bits per heavy atom. The minimum absolute atomic E-state index is 0.808. The first-order valence-corrected chi connectivity index (χ1v) is 6.83. The maximum Gasteiger partial charge on any atom is 0.161 e. The zero-order valence-corrected chi connectivity index (χ0v) is 12.1. The number of rotatable bonds is 4. The highest BCUT2D eigenvalue weighted by molar-refractivity contribution is 5.59. The van der Waals surface area contributed by atoms with E-state index in [1.165, 1.54) is 11.1 Å². The molecular weight excluding hydrogens is 234 g/mol. The standard InChI is InChI=1S/C16H21N3/c1-5-14-10-15(17-6-2)19-16(18-14)13-8-11(3)7-12(4)9-13/h7-10H,5-6H2,1-4H3,(H,17,18,19). The fourth-order valence-electron chi connectivity index (χ4n) is 2.18. The van der Waals surface area contributed by atoms with Crippen molar-refractivity contribution < 1.29 is 0 Å². The van der Waals surface area contributed by atoms with Crippen LogP contribution >= 0.6 is 0 Å². The SMILES string of the molecule is CCNc1cc(CC)nc(-c2cc(C)cc(C)c2)n1. The zero-order valence-electron chi connectivity index (χ0n) is 12.1. The summed E-state index contributed by atoms with van der Waals surface area (Å²) in [6, 6.07) is 8.46. The molecule has 0 saturated carbocycles. The fourth-order valence-corrected chi connectivity index (χ4v) is 2.18. The number of aromatic nitrogens is 2. The monoisotopic (exact) mass is 255 g/mol. The van der Waals surface area contributed by atoms with Crippen molar-refractivity contribution in [3.8, 4) is 11.4 Å². The summed E-state index contributed by atoms with van der Waals surface area (Å²) in [6.45, 7) is 9.26. The molecule has 0 aliphatic carbocycles. The molecule has 0 spiro atoms. The Bertz CT molecular complexity index is 556. The smallest absolute Gasteiger partial charge is 0.161 e. The van der Waals surface area contributed by atoms with Crippen molar-refractivity contribution in [1.82, 2.24) is 9.97 Å². The second-order valence-corrected chi connectivity index (χ2v) is 4.83. The number of hydrogen-bond donors (Lipinski definition) is 1. The highest BCUT2D eigenvalue weighted by atomic mass is 15.0. The van der Waals surface area contributed by atoms with Crippen LogP contribution in [-0.4, -0.2) is 16.5 Å². The topological polar surface area (TPSA) is 37.8 Å². The van der Waals surface area contributed by atoms with Gasteiger partial charge in [-0.05, 0) is 39.3 Å². The third-order valence-electron chi connectivity index (χ3n) is 2.98. The van der Waals surface area contributed by atoms with Crippen molar-refractivity contribution in [1.29, 1.82) is 0 Å². The molecule has 2 aromatic rings. The largest absolute Gasteiger partial charge is 0.370 e. The maximum absolute atomic E-state index is 4.64. The summed E-state index contributed by atoms with van der Waals surface area (Å²) >= 11 is 0. The summed E-state index contributed by atoms with van der Waals surface area (Å²) in [5, 5.41) is 3.27. The number of nitrogens with zero attached hydrogens (tertiary/aromatic N) is 2. The summed E-state index contributed by atoms with van der Waals surface area (Å²) in [7, 11) is 0. The Kier molecular flexibility index (Phi) is 4.15. The molecule has 0 radical (unpaired) electrons. The lowest BCUT2D eigenvalue weighted by molar-refractivity contribution is 0.998. The lowest BCUT2D eigenvalue weighted by Crippen LogP contribution is -2.04. The highest BCUT2D eigenvalue weighted by Gasteiger charge is 2.07. The number of hydrogen-bond acceptors (Lipinski definition) is 3. The van der Waals surface area contributed by atoms with E-state index < -0.39 is 0 Å². The van der Waals surface area contributed by atoms with Crippen LogP contribution in [0, 0.1) is 13.8 Å². The Balaban J connectivity index is 2.50. The van der Waals surface area contributed by atoms with Crippen LogP contribution in [0.3, 0.4) is 0 Å². The van der Waals surface area contributed by atoms with Crippen molar-refractivity contribution in [3.63, 3.8) is 0 Å². The van der Waals surface area contributed by atoms with Gasteiger partial charge in [0.2, 0.25) is 0 Å². The van der Waals surface area contributed by atoms with Gasteiger partial charge in [0.05, 0.1) is 0 Å². The molecule has 1 aromatic heterocycles. The Morgan fingerprint density at radius 3 is 2.21 bits per heavy atom. The normalized spacial score (nSPS) is 10.5. The van der Waals surface area contributed by atoms with E-state index in [2.05, 4.69) is 61.2 Å². The molecule has 100 valence electrons. The van der Waals surface area contributed by atoms with E-state index in [1.54, 1.807) is 0 Å². The average molecular weight is 255 g/mol. The molecule has 0 saturated heterocycles. The Hall–Kier alpha value is -1.90. The van der Waals surface area contributed by atoms with Crippen molar-refractivity contribution in [2.75, 3.05) is 11.9 Å². The van der Waals surface area contributed by atoms with Gasteiger partial charge < -0.3 is 5.32 Å². The zero-order chi connectivity index (χ0) is 13.8. The first-order valence-electron chi connectivity index (χ1n) is 6.83. The molecule has 19 heavy (non-hydrogen) atoms. The summed E-state index contributed by atoms with van der Waals surface area (Å²) in [6.07, 6.45) is 0.915. The molecular formula is C16H21N3. The molecule has 3 heteroatoms.